The molecule has 0 aromatic heterocycles. The number of carbonyl (C=O) groups is 1. The van der Waals surface area contributed by atoms with Crippen LogP contribution in [-0.2, 0) is 4.79 Å². The zero-order chi connectivity index (χ0) is 13.8. The van der Waals surface area contributed by atoms with Gasteiger partial charge in [0.2, 0.25) is 0 Å². The first-order valence-electron chi connectivity index (χ1n) is 6.29. The molecule has 0 radical (unpaired) electrons. The molecule has 100 valence electrons. The molecule has 1 rings (SSSR count). The lowest BCUT2D eigenvalue weighted by Crippen LogP contribution is -2.26. The highest BCUT2D eigenvalue weighted by atomic mass is 16.5. The van der Waals surface area contributed by atoms with Crippen molar-refractivity contribution in [2.24, 2.45) is 5.41 Å². The minimum atomic E-state index is -0.789. The van der Waals surface area contributed by atoms with E-state index in [1.54, 1.807) is 13.8 Å². The van der Waals surface area contributed by atoms with Gasteiger partial charge in [-0.1, -0.05) is 32.0 Å². The summed E-state index contributed by atoms with van der Waals surface area (Å²) in [5.74, 6) is 0.464. The van der Waals surface area contributed by atoms with E-state index in [-0.39, 0.29) is 0 Å². The van der Waals surface area contributed by atoms with E-state index < -0.39 is 11.4 Å². The average molecular weight is 250 g/mol. The Morgan fingerprint density at radius 1 is 1.33 bits per heavy atom. The summed E-state index contributed by atoms with van der Waals surface area (Å²) in [7, 11) is 0. The number of hydrogen-bond donors (Lipinski definition) is 1. The zero-order valence-electron chi connectivity index (χ0n) is 11.6. The fourth-order valence-corrected chi connectivity index (χ4v) is 1.61. The fourth-order valence-electron chi connectivity index (χ4n) is 1.61. The van der Waals surface area contributed by atoms with Crippen molar-refractivity contribution in [2.75, 3.05) is 6.61 Å². The minimum Gasteiger partial charge on any atom is -0.493 e. The van der Waals surface area contributed by atoms with Crippen LogP contribution in [0.25, 0.3) is 0 Å². The van der Waals surface area contributed by atoms with Crippen LogP contribution in [0.15, 0.2) is 24.3 Å². The van der Waals surface area contributed by atoms with Crippen LogP contribution in [0.4, 0.5) is 0 Å². The summed E-state index contributed by atoms with van der Waals surface area (Å²) in [6.45, 7) is 8.08. The molecule has 1 N–H and O–H groups in total. The van der Waals surface area contributed by atoms with Crippen molar-refractivity contribution in [2.45, 2.75) is 40.0 Å². The molecule has 3 heteroatoms. The first kappa shape index (κ1) is 14.6. The molecule has 0 saturated heterocycles. The maximum Gasteiger partial charge on any atom is 0.309 e. The molecule has 1 aromatic rings. The van der Waals surface area contributed by atoms with Crippen LogP contribution in [0.1, 0.15) is 45.6 Å². The smallest absolute Gasteiger partial charge is 0.309 e. The van der Waals surface area contributed by atoms with Crippen molar-refractivity contribution in [3.8, 4) is 5.75 Å². The van der Waals surface area contributed by atoms with E-state index in [1.165, 1.54) is 0 Å². The van der Waals surface area contributed by atoms with Crippen molar-refractivity contribution in [3.05, 3.63) is 29.8 Å². The average Bonchev–Trinajstić information content (AvgIpc) is 2.29. The summed E-state index contributed by atoms with van der Waals surface area (Å²) in [4.78, 5) is 11.0. The lowest BCUT2D eigenvalue weighted by atomic mass is 9.90. The van der Waals surface area contributed by atoms with E-state index >= 15 is 0 Å². The zero-order valence-corrected chi connectivity index (χ0v) is 11.6. The molecule has 0 bridgehead atoms. The van der Waals surface area contributed by atoms with Crippen molar-refractivity contribution in [1.82, 2.24) is 0 Å². The first-order chi connectivity index (χ1) is 8.34. The second-order valence-corrected chi connectivity index (χ2v) is 5.48. The molecule has 0 heterocycles. The normalized spacial score (nSPS) is 11.6. The Hall–Kier alpha value is -1.51. The minimum absolute atomic E-state index is 0.397. The van der Waals surface area contributed by atoms with Crippen LogP contribution in [0.3, 0.4) is 0 Å². The number of hydrogen-bond acceptors (Lipinski definition) is 2. The molecular formula is C15H22O3. The van der Waals surface area contributed by atoms with E-state index in [0.717, 1.165) is 11.3 Å². The number of benzene rings is 1. The summed E-state index contributed by atoms with van der Waals surface area (Å²) in [5.41, 5.74) is 0.415. The fraction of sp³-hybridized carbons (Fsp3) is 0.533. The molecule has 1 aromatic carbocycles. The summed E-state index contributed by atoms with van der Waals surface area (Å²) in [6.07, 6.45) is 0.495. The summed E-state index contributed by atoms with van der Waals surface area (Å²) < 4.78 is 5.72. The lowest BCUT2D eigenvalue weighted by Gasteiger charge is -2.20. The van der Waals surface area contributed by atoms with Crippen molar-refractivity contribution in [3.63, 3.8) is 0 Å². The second kappa shape index (κ2) is 5.89. The summed E-state index contributed by atoms with van der Waals surface area (Å²) >= 11 is 0. The Labute approximate surface area is 109 Å². The molecule has 0 fully saturated rings. The third-order valence-corrected chi connectivity index (χ3v) is 3.10. The highest BCUT2D eigenvalue weighted by molar-refractivity contribution is 5.73. The van der Waals surface area contributed by atoms with Crippen LogP contribution >= 0.6 is 0 Å². The highest BCUT2D eigenvalue weighted by Gasteiger charge is 2.26. The third-order valence-electron chi connectivity index (χ3n) is 3.10. The van der Waals surface area contributed by atoms with Crippen molar-refractivity contribution in [1.29, 1.82) is 0 Å². The first-order valence-corrected chi connectivity index (χ1v) is 6.29. The maximum absolute atomic E-state index is 11.0. The van der Waals surface area contributed by atoms with Gasteiger partial charge in [0.25, 0.3) is 0 Å². The number of ether oxygens (including phenoxy) is 1. The quantitative estimate of drug-likeness (QED) is 0.837. The molecule has 3 nitrogen and oxygen atoms in total. The van der Waals surface area contributed by atoms with Gasteiger partial charge in [-0.3, -0.25) is 4.79 Å². The van der Waals surface area contributed by atoms with Gasteiger partial charge in [-0.2, -0.15) is 0 Å². The molecule has 0 amide bonds. The highest BCUT2D eigenvalue weighted by Crippen LogP contribution is 2.27. The number of rotatable bonds is 6. The predicted octanol–water partition coefficient (Wildman–Crippen LogP) is 3.69. The number of carboxylic acids is 1. The van der Waals surface area contributed by atoms with E-state index in [1.807, 2.05) is 24.3 Å². The van der Waals surface area contributed by atoms with E-state index in [2.05, 4.69) is 13.8 Å². The van der Waals surface area contributed by atoms with E-state index in [4.69, 9.17) is 9.84 Å². The van der Waals surface area contributed by atoms with Gasteiger partial charge in [-0.15, -0.1) is 0 Å². The van der Waals surface area contributed by atoms with Crippen LogP contribution in [0.2, 0.25) is 0 Å². The van der Waals surface area contributed by atoms with Crippen molar-refractivity contribution < 1.29 is 14.6 Å². The maximum atomic E-state index is 11.0. The van der Waals surface area contributed by atoms with Gasteiger partial charge in [-0.25, -0.2) is 0 Å². The Bertz CT molecular complexity index is 408. The molecule has 0 unspecified atom stereocenters. The Morgan fingerprint density at radius 2 is 1.94 bits per heavy atom. The summed E-state index contributed by atoms with van der Waals surface area (Å²) in [5, 5.41) is 9.03. The molecule has 0 saturated carbocycles. The number of para-hydroxylation sites is 1. The molecule has 0 atom stereocenters. The molecule has 0 aliphatic rings. The van der Waals surface area contributed by atoms with E-state index in [9.17, 15) is 4.79 Å². The van der Waals surface area contributed by atoms with Crippen LogP contribution in [0, 0.1) is 5.41 Å². The van der Waals surface area contributed by atoms with Gasteiger partial charge < -0.3 is 9.84 Å². The van der Waals surface area contributed by atoms with Gasteiger partial charge in [-0.05, 0) is 37.8 Å². The van der Waals surface area contributed by atoms with Crippen LogP contribution in [-0.4, -0.2) is 17.7 Å². The van der Waals surface area contributed by atoms with E-state index in [0.29, 0.717) is 18.9 Å². The molecule has 0 spiro atoms. The third kappa shape index (κ3) is 3.76. The lowest BCUT2D eigenvalue weighted by molar-refractivity contribution is -0.147. The van der Waals surface area contributed by atoms with Crippen LogP contribution < -0.4 is 4.74 Å². The monoisotopic (exact) mass is 250 g/mol. The Balaban J connectivity index is 2.62. The SMILES string of the molecule is CC(C)c1ccccc1OCCC(C)(C)C(=O)O. The standard InChI is InChI=1S/C15H22O3/c1-11(2)12-7-5-6-8-13(12)18-10-9-15(3,4)14(16)17/h5-8,11H,9-10H2,1-4H3,(H,16,17). The second-order valence-electron chi connectivity index (χ2n) is 5.48. The molecule has 0 aliphatic heterocycles. The van der Waals surface area contributed by atoms with Crippen LogP contribution in [0.5, 0.6) is 5.75 Å². The number of carboxylic acid groups (broad SMARTS) is 1. The van der Waals surface area contributed by atoms with Gasteiger partial charge >= 0.3 is 5.97 Å². The van der Waals surface area contributed by atoms with Gasteiger partial charge in [0.05, 0.1) is 12.0 Å². The topological polar surface area (TPSA) is 46.5 Å². The largest absolute Gasteiger partial charge is 0.493 e. The Kier molecular flexibility index (Phi) is 4.76. The summed E-state index contributed by atoms with van der Waals surface area (Å²) in [6, 6.07) is 7.90. The van der Waals surface area contributed by atoms with Gasteiger partial charge in [0, 0.05) is 0 Å². The number of aliphatic carboxylic acids is 1. The Morgan fingerprint density at radius 3 is 2.50 bits per heavy atom. The van der Waals surface area contributed by atoms with Crippen molar-refractivity contribution >= 4 is 5.97 Å². The molecule has 18 heavy (non-hydrogen) atoms. The molecular weight excluding hydrogens is 228 g/mol. The molecule has 0 aliphatic carbocycles. The van der Waals surface area contributed by atoms with Gasteiger partial charge in [0.15, 0.2) is 0 Å². The predicted molar refractivity (Wildman–Crippen MR) is 72.1 cm³/mol. The van der Waals surface area contributed by atoms with Gasteiger partial charge in [0.1, 0.15) is 5.75 Å².